The molecule has 0 aromatic heterocycles. The predicted octanol–water partition coefficient (Wildman–Crippen LogP) is 2.62. The molecule has 100 valence electrons. The molecular weight excluding hydrogens is 330 g/mol. The first-order valence-corrected chi connectivity index (χ1v) is 7.51. The van der Waals surface area contributed by atoms with Crippen molar-refractivity contribution >= 4 is 50.2 Å². The van der Waals surface area contributed by atoms with Gasteiger partial charge in [0.05, 0.1) is 5.25 Å². The first-order chi connectivity index (χ1) is 9.02. The fraction of sp³-hybridized carbons (Fsp3) is 0.308. The van der Waals surface area contributed by atoms with Gasteiger partial charge < -0.3 is 5.32 Å². The van der Waals surface area contributed by atoms with Gasteiger partial charge in [-0.05, 0) is 30.7 Å². The molecular formula is C13H12BrNO3S. The Hall–Kier alpha value is -1.14. The molecule has 2 atom stereocenters. The molecule has 2 unspecified atom stereocenters. The number of ketones is 1. The Labute approximate surface area is 123 Å². The number of halogens is 1. The van der Waals surface area contributed by atoms with E-state index in [2.05, 4.69) is 21.2 Å². The van der Waals surface area contributed by atoms with Crippen LogP contribution in [0.15, 0.2) is 28.7 Å². The van der Waals surface area contributed by atoms with Crippen molar-refractivity contribution in [1.29, 1.82) is 0 Å². The van der Waals surface area contributed by atoms with E-state index in [1.165, 1.54) is 0 Å². The molecule has 1 fully saturated rings. The van der Waals surface area contributed by atoms with Crippen molar-refractivity contribution in [2.75, 3.05) is 5.32 Å². The maximum Gasteiger partial charge on any atom is 0.243 e. The maximum absolute atomic E-state index is 12.0. The van der Waals surface area contributed by atoms with E-state index in [-0.39, 0.29) is 16.1 Å². The van der Waals surface area contributed by atoms with Crippen LogP contribution in [0, 0.1) is 5.92 Å². The van der Waals surface area contributed by atoms with Crippen molar-refractivity contribution < 1.29 is 14.4 Å². The van der Waals surface area contributed by atoms with E-state index in [0.717, 1.165) is 16.2 Å². The van der Waals surface area contributed by atoms with Gasteiger partial charge in [-0.25, -0.2) is 0 Å². The second kappa shape index (κ2) is 5.88. The molecule has 1 heterocycles. The number of anilines is 1. The highest BCUT2D eigenvalue weighted by Gasteiger charge is 2.45. The van der Waals surface area contributed by atoms with Crippen LogP contribution in [-0.2, 0) is 14.4 Å². The lowest BCUT2D eigenvalue weighted by Gasteiger charge is -2.08. The molecule has 2 rings (SSSR count). The minimum Gasteiger partial charge on any atom is -0.325 e. The zero-order valence-corrected chi connectivity index (χ0v) is 12.6. The minimum atomic E-state index is -1.17. The first kappa shape index (κ1) is 14.3. The Morgan fingerprint density at radius 1 is 1.32 bits per heavy atom. The topological polar surface area (TPSA) is 63.2 Å². The molecule has 0 spiro atoms. The smallest absolute Gasteiger partial charge is 0.243 e. The van der Waals surface area contributed by atoms with Gasteiger partial charge in [-0.2, -0.15) is 0 Å². The zero-order valence-electron chi connectivity index (χ0n) is 10.2. The Bertz CT molecular complexity index is 529. The van der Waals surface area contributed by atoms with Crippen molar-refractivity contribution in [2.24, 2.45) is 5.92 Å². The van der Waals surface area contributed by atoms with Gasteiger partial charge in [-0.15, -0.1) is 0 Å². The molecule has 1 aliphatic rings. The predicted molar refractivity (Wildman–Crippen MR) is 77.9 cm³/mol. The molecule has 1 aromatic carbocycles. The van der Waals surface area contributed by atoms with Crippen molar-refractivity contribution in [1.82, 2.24) is 0 Å². The second-order valence-corrected chi connectivity index (χ2v) is 6.29. The highest BCUT2D eigenvalue weighted by molar-refractivity contribution is 9.10. The molecule has 1 saturated heterocycles. The number of Topliss-reactive ketones (excluding diaryl/α,β-unsaturated/α-hetero) is 1. The molecule has 19 heavy (non-hydrogen) atoms. The average molecular weight is 342 g/mol. The Morgan fingerprint density at radius 3 is 2.47 bits per heavy atom. The monoisotopic (exact) mass is 341 g/mol. The molecule has 0 bridgehead atoms. The van der Waals surface area contributed by atoms with Gasteiger partial charge in [-0.3, -0.25) is 14.4 Å². The number of amides is 1. The van der Waals surface area contributed by atoms with Crippen molar-refractivity contribution in [3.63, 3.8) is 0 Å². The third-order valence-electron chi connectivity index (χ3n) is 2.84. The van der Waals surface area contributed by atoms with Crippen LogP contribution in [0.2, 0.25) is 0 Å². The van der Waals surface area contributed by atoms with Crippen LogP contribution < -0.4 is 5.32 Å². The van der Waals surface area contributed by atoms with Gasteiger partial charge >= 0.3 is 0 Å². The van der Waals surface area contributed by atoms with Gasteiger partial charge in [0.25, 0.3) is 0 Å². The molecule has 4 nitrogen and oxygen atoms in total. The van der Waals surface area contributed by atoms with E-state index in [9.17, 15) is 14.4 Å². The van der Waals surface area contributed by atoms with Crippen LogP contribution in [0.4, 0.5) is 5.69 Å². The van der Waals surface area contributed by atoms with Gasteiger partial charge in [-0.1, -0.05) is 34.6 Å². The summed E-state index contributed by atoms with van der Waals surface area (Å²) in [4.78, 5) is 35.6. The third-order valence-corrected chi connectivity index (χ3v) is 4.69. The highest BCUT2D eigenvalue weighted by atomic mass is 79.9. The van der Waals surface area contributed by atoms with Gasteiger partial charge in [0.1, 0.15) is 0 Å². The summed E-state index contributed by atoms with van der Waals surface area (Å²) in [6, 6.07) is 6.96. The van der Waals surface area contributed by atoms with Gasteiger partial charge in [0, 0.05) is 10.2 Å². The van der Waals surface area contributed by atoms with E-state index in [4.69, 9.17) is 0 Å². The van der Waals surface area contributed by atoms with Crippen LogP contribution in [0.5, 0.6) is 0 Å². The van der Waals surface area contributed by atoms with Crippen LogP contribution in [0.3, 0.4) is 0 Å². The fourth-order valence-corrected chi connectivity index (χ4v) is 3.16. The number of carbonyl (C=O) groups is 3. The average Bonchev–Trinajstić information content (AvgIpc) is 2.67. The van der Waals surface area contributed by atoms with Crippen molar-refractivity contribution in [3.05, 3.63) is 28.7 Å². The van der Waals surface area contributed by atoms with Crippen LogP contribution in [-0.4, -0.2) is 22.1 Å². The number of hydrogen-bond acceptors (Lipinski definition) is 4. The van der Waals surface area contributed by atoms with E-state index >= 15 is 0 Å². The summed E-state index contributed by atoms with van der Waals surface area (Å²) in [6.07, 6.45) is 0.567. The van der Waals surface area contributed by atoms with Crippen molar-refractivity contribution in [3.8, 4) is 0 Å². The number of carbonyl (C=O) groups excluding carboxylic acids is 3. The van der Waals surface area contributed by atoms with Crippen LogP contribution in [0.25, 0.3) is 0 Å². The minimum absolute atomic E-state index is 0.285. The van der Waals surface area contributed by atoms with Crippen molar-refractivity contribution in [2.45, 2.75) is 18.6 Å². The molecule has 6 heteroatoms. The fourth-order valence-electron chi connectivity index (χ4n) is 1.84. The van der Waals surface area contributed by atoms with E-state index in [1.54, 1.807) is 24.3 Å². The maximum atomic E-state index is 12.0. The molecule has 1 aliphatic heterocycles. The molecule has 0 saturated carbocycles. The lowest BCUT2D eigenvalue weighted by Crippen LogP contribution is -2.32. The molecule has 1 N–H and O–H groups in total. The lowest BCUT2D eigenvalue weighted by atomic mass is 10.0. The SMILES string of the molecule is CCC1SC(=O)C(C(=O)Nc2ccc(Br)cc2)C1=O. The van der Waals surface area contributed by atoms with Gasteiger partial charge in [0.2, 0.25) is 11.0 Å². The number of rotatable bonds is 3. The summed E-state index contributed by atoms with van der Waals surface area (Å²) in [6.45, 7) is 1.83. The summed E-state index contributed by atoms with van der Waals surface area (Å²) in [5, 5.41) is 1.87. The molecule has 1 amide bonds. The van der Waals surface area contributed by atoms with E-state index in [1.807, 2.05) is 6.92 Å². The van der Waals surface area contributed by atoms with Crippen LogP contribution >= 0.6 is 27.7 Å². The summed E-state index contributed by atoms with van der Waals surface area (Å²) in [5.41, 5.74) is 0.568. The quantitative estimate of drug-likeness (QED) is 0.858. The largest absolute Gasteiger partial charge is 0.325 e. The molecule has 1 aromatic rings. The van der Waals surface area contributed by atoms with Gasteiger partial charge in [0.15, 0.2) is 11.7 Å². The standard InChI is InChI=1S/C13H12BrNO3S/c1-2-9-11(16)10(13(18)19-9)12(17)15-8-5-3-7(14)4-6-8/h3-6,9-10H,2H2,1H3,(H,15,17). The zero-order chi connectivity index (χ0) is 14.0. The number of benzene rings is 1. The highest BCUT2D eigenvalue weighted by Crippen LogP contribution is 2.32. The summed E-state index contributed by atoms with van der Waals surface area (Å²) < 4.78 is 0.889. The molecule has 0 aliphatic carbocycles. The third kappa shape index (κ3) is 3.06. The Balaban J connectivity index is 2.10. The lowest BCUT2D eigenvalue weighted by molar-refractivity contribution is -0.134. The summed E-state index contributed by atoms with van der Waals surface area (Å²) in [7, 11) is 0. The first-order valence-electron chi connectivity index (χ1n) is 5.83. The summed E-state index contributed by atoms with van der Waals surface area (Å²) >= 11 is 4.26. The molecule has 0 radical (unpaired) electrons. The number of hydrogen-bond donors (Lipinski definition) is 1. The number of thioether (sulfide) groups is 1. The van der Waals surface area contributed by atoms with Crippen LogP contribution in [0.1, 0.15) is 13.3 Å². The second-order valence-electron chi connectivity index (χ2n) is 4.17. The Kier molecular flexibility index (Phi) is 4.42. The number of nitrogens with one attached hydrogen (secondary N) is 1. The Morgan fingerprint density at radius 2 is 1.95 bits per heavy atom. The summed E-state index contributed by atoms with van der Waals surface area (Å²) in [5.74, 6) is -1.99. The van der Waals surface area contributed by atoms with E-state index in [0.29, 0.717) is 12.1 Å². The van der Waals surface area contributed by atoms with E-state index < -0.39 is 11.8 Å². The normalized spacial score (nSPS) is 22.6.